The van der Waals surface area contributed by atoms with Crippen LogP contribution in [-0.4, -0.2) is 27.3 Å². The number of ketones is 1. The molecule has 41 heavy (non-hydrogen) atoms. The van der Waals surface area contributed by atoms with Crippen LogP contribution in [0.4, 0.5) is 15.8 Å². The van der Waals surface area contributed by atoms with Gasteiger partial charge < -0.3 is 15.7 Å². The molecule has 4 aromatic rings. The fourth-order valence-electron chi connectivity index (χ4n) is 4.99. The van der Waals surface area contributed by atoms with Crippen molar-refractivity contribution in [2.45, 2.75) is 71.9 Å². The maximum atomic E-state index is 15.4. The van der Waals surface area contributed by atoms with Crippen LogP contribution >= 0.6 is 0 Å². The number of aliphatic hydroxyl groups excluding tert-OH is 1. The van der Waals surface area contributed by atoms with Crippen molar-refractivity contribution in [2.24, 2.45) is 0 Å². The average Bonchev–Trinajstić information content (AvgIpc) is 2.92. The third-order valence-electron chi connectivity index (χ3n) is 6.94. The van der Waals surface area contributed by atoms with Gasteiger partial charge in [-0.3, -0.25) is 14.6 Å². The zero-order valence-electron chi connectivity index (χ0n) is 24.3. The molecule has 0 aliphatic carbocycles. The van der Waals surface area contributed by atoms with Crippen molar-refractivity contribution in [3.8, 4) is 11.1 Å². The molecule has 3 N–H and O–H groups in total. The predicted molar refractivity (Wildman–Crippen MR) is 163 cm³/mol. The Balaban J connectivity index is 1.84. The van der Waals surface area contributed by atoms with Crippen molar-refractivity contribution < 1.29 is 19.1 Å². The first-order chi connectivity index (χ1) is 19.5. The van der Waals surface area contributed by atoms with E-state index in [1.165, 1.54) is 12.3 Å². The van der Waals surface area contributed by atoms with Crippen LogP contribution in [0, 0.1) is 5.82 Å². The number of para-hydroxylation sites is 1. The molecular formula is C34H38FN3O3. The number of aliphatic hydroxyl groups is 1. The van der Waals surface area contributed by atoms with E-state index in [9.17, 15) is 14.7 Å². The predicted octanol–water partition coefficient (Wildman–Crippen LogP) is 7.67. The SMILES string of the molecule is CCCC(=O)CC(C)c1ccc(-c2cc3c(Nc4ccccc4)c(C(=O)NC(C)(C)C)cnc3cc2CO)cc1F. The number of Topliss-reactive ketones (excluding diaryl/α,β-unsaturated/α-hetero) is 1. The maximum Gasteiger partial charge on any atom is 0.255 e. The van der Waals surface area contributed by atoms with Gasteiger partial charge in [-0.1, -0.05) is 44.2 Å². The number of aromatic nitrogens is 1. The van der Waals surface area contributed by atoms with Crippen LogP contribution in [0.3, 0.4) is 0 Å². The van der Waals surface area contributed by atoms with E-state index < -0.39 is 11.4 Å². The minimum Gasteiger partial charge on any atom is -0.392 e. The first-order valence-electron chi connectivity index (χ1n) is 14.0. The first-order valence-corrected chi connectivity index (χ1v) is 14.0. The molecule has 1 atom stereocenters. The summed E-state index contributed by atoms with van der Waals surface area (Å²) in [5, 5.41) is 17.3. The van der Waals surface area contributed by atoms with Gasteiger partial charge in [0.05, 0.1) is 23.4 Å². The Morgan fingerprint density at radius 2 is 1.78 bits per heavy atom. The lowest BCUT2D eigenvalue weighted by Gasteiger charge is -2.22. The second kappa shape index (κ2) is 12.6. The lowest BCUT2D eigenvalue weighted by atomic mass is 9.90. The molecule has 0 fully saturated rings. The van der Waals surface area contributed by atoms with Crippen molar-refractivity contribution in [3.05, 3.63) is 89.4 Å². The first kappa shape index (κ1) is 29.9. The van der Waals surface area contributed by atoms with Crippen LogP contribution < -0.4 is 10.6 Å². The molecule has 0 spiro atoms. The van der Waals surface area contributed by atoms with E-state index in [-0.39, 0.29) is 24.2 Å². The summed E-state index contributed by atoms with van der Waals surface area (Å²) in [5.74, 6) is -0.799. The molecule has 0 bridgehead atoms. The van der Waals surface area contributed by atoms with E-state index >= 15 is 4.39 Å². The Kier molecular flexibility index (Phi) is 9.18. The van der Waals surface area contributed by atoms with Crippen LogP contribution in [0.15, 0.2) is 66.9 Å². The normalized spacial score (nSPS) is 12.3. The largest absolute Gasteiger partial charge is 0.392 e. The number of carbonyl (C=O) groups excluding carboxylic acids is 2. The van der Waals surface area contributed by atoms with Crippen LogP contribution in [0.5, 0.6) is 0 Å². The van der Waals surface area contributed by atoms with Gasteiger partial charge in [0.1, 0.15) is 11.6 Å². The summed E-state index contributed by atoms with van der Waals surface area (Å²) in [6.07, 6.45) is 3.09. The average molecular weight is 556 g/mol. The number of hydrogen-bond acceptors (Lipinski definition) is 5. The number of halogens is 1. The van der Waals surface area contributed by atoms with Crippen molar-refractivity contribution in [1.82, 2.24) is 10.3 Å². The molecule has 4 rings (SSSR count). The number of nitrogens with zero attached hydrogens (tertiary/aromatic N) is 1. The summed E-state index contributed by atoms with van der Waals surface area (Å²) < 4.78 is 15.4. The third kappa shape index (κ3) is 7.16. The number of carbonyl (C=O) groups is 2. The second-order valence-corrected chi connectivity index (χ2v) is 11.6. The Morgan fingerprint density at radius 1 is 1.05 bits per heavy atom. The highest BCUT2D eigenvalue weighted by Crippen LogP contribution is 2.36. The monoisotopic (exact) mass is 555 g/mol. The smallest absolute Gasteiger partial charge is 0.255 e. The van der Waals surface area contributed by atoms with E-state index in [0.29, 0.717) is 57.2 Å². The zero-order valence-corrected chi connectivity index (χ0v) is 24.3. The van der Waals surface area contributed by atoms with Gasteiger partial charge in [0, 0.05) is 35.7 Å². The van der Waals surface area contributed by atoms with Crippen molar-refractivity contribution in [2.75, 3.05) is 5.32 Å². The lowest BCUT2D eigenvalue weighted by Crippen LogP contribution is -2.40. The molecule has 3 aromatic carbocycles. The second-order valence-electron chi connectivity index (χ2n) is 11.6. The fraction of sp³-hybridized carbons (Fsp3) is 0.324. The van der Waals surface area contributed by atoms with E-state index in [2.05, 4.69) is 15.6 Å². The Bertz CT molecular complexity index is 1560. The Morgan fingerprint density at radius 3 is 2.41 bits per heavy atom. The van der Waals surface area contributed by atoms with E-state index in [1.807, 2.05) is 77.1 Å². The summed E-state index contributed by atoms with van der Waals surface area (Å²) in [4.78, 5) is 30.1. The molecule has 1 aromatic heterocycles. The van der Waals surface area contributed by atoms with Gasteiger partial charge in [-0.05, 0) is 85.7 Å². The molecule has 7 heteroatoms. The Hall–Kier alpha value is -4.10. The number of anilines is 2. The molecule has 1 amide bonds. The van der Waals surface area contributed by atoms with Crippen molar-refractivity contribution in [3.63, 3.8) is 0 Å². The van der Waals surface area contributed by atoms with Crippen molar-refractivity contribution in [1.29, 1.82) is 0 Å². The molecule has 214 valence electrons. The number of rotatable bonds is 10. The number of hydrogen-bond donors (Lipinski definition) is 3. The summed E-state index contributed by atoms with van der Waals surface area (Å²) >= 11 is 0. The minimum atomic E-state index is -0.459. The van der Waals surface area contributed by atoms with E-state index in [4.69, 9.17) is 0 Å². The van der Waals surface area contributed by atoms with E-state index in [1.54, 1.807) is 12.1 Å². The van der Waals surface area contributed by atoms with E-state index in [0.717, 1.165) is 12.1 Å². The Labute approximate surface area is 241 Å². The number of benzene rings is 3. The van der Waals surface area contributed by atoms with Gasteiger partial charge in [0.15, 0.2) is 0 Å². The third-order valence-corrected chi connectivity index (χ3v) is 6.94. The highest BCUT2D eigenvalue weighted by Gasteiger charge is 2.22. The van der Waals surface area contributed by atoms with Gasteiger partial charge >= 0.3 is 0 Å². The zero-order chi connectivity index (χ0) is 29.7. The van der Waals surface area contributed by atoms with Crippen LogP contribution in [0.25, 0.3) is 22.0 Å². The molecule has 0 saturated heterocycles. The summed E-state index contributed by atoms with van der Waals surface area (Å²) in [6, 6.07) is 18.1. The molecule has 0 radical (unpaired) electrons. The number of pyridine rings is 1. The molecule has 0 saturated carbocycles. The maximum absolute atomic E-state index is 15.4. The number of amides is 1. The van der Waals surface area contributed by atoms with Gasteiger partial charge in [0.2, 0.25) is 0 Å². The van der Waals surface area contributed by atoms with Gasteiger partial charge in [-0.2, -0.15) is 0 Å². The quantitative estimate of drug-likeness (QED) is 0.187. The fourth-order valence-corrected chi connectivity index (χ4v) is 4.99. The van der Waals surface area contributed by atoms with Crippen LogP contribution in [0.1, 0.15) is 81.3 Å². The molecule has 1 heterocycles. The standard InChI is InChI=1S/C34H38FN3O3/c1-6-10-25(40)15-21(2)26-14-13-22(16-30(26)35)27-18-28-31(17-23(27)20-39)36-19-29(33(41)38-34(3,4)5)32(28)37-24-11-8-7-9-12-24/h7-9,11-14,16-19,21,39H,6,10,15,20H2,1-5H3,(H,36,37)(H,38,41). The number of nitrogens with one attached hydrogen (secondary N) is 2. The summed E-state index contributed by atoms with van der Waals surface area (Å²) in [6.45, 7) is 9.27. The highest BCUT2D eigenvalue weighted by molar-refractivity contribution is 6.09. The molecule has 0 aliphatic heterocycles. The summed E-state index contributed by atoms with van der Waals surface area (Å²) in [5.41, 5.74) is 4.13. The van der Waals surface area contributed by atoms with Gasteiger partial charge in [-0.25, -0.2) is 4.39 Å². The molecule has 6 nitrogen and oxygen atoms in total. The van der Waals surface area contributed by atoms with Crippen LogP contribution in [0.2, 0.25) is 0 Å². The van der Waals surface area contributed by atoms with Crippen molar-refractivity contribution >= 4 is 34.0 Å². The van der Waals surface area contributed by atoms with Gasteiger partial charge in [-0.15, -0.1) is 0 Å². The molecular weight excluding hydrogens is 517 g/mol. The molecule has 1 unspecified atom stereocenters. The number of fused-ring (bicyclic) bond motifs is 1. The lowest BCUT2D eigenvalue weighted by molar-refractivity contribution is -0.119. The highest BCUT2D eigenvalue weighted by atomic mass is 19.1. The summed E-state index contributed by atoms with van der Waals surface area (Å²) in [7, 11) is 0. The van der Waals surface area contributed by atoms with Gasteiger partial charge in [0.25, 0.3) is 5.91 Å². The minimum absolute atomic E-state index is 0.123. The molecule has 0 aliphatic rings. The van der Waals surface area contributed by atoms with Crippen LogP contribution in [-0.2, 0) is 11.4 Å². The topological polar surface area (TPSA) is 91.3 Å².